The van der Waals surface area contributed by atoms with Gasteiger partial charge in [-0.1, -0.05) is 11.6 Å². The van der Waals surface area contributed by atoms with E-state index in [1.807, 2.05) is 19.9 Å². The highest BCUT2D eigenvalue weighted by molar-refractivity contribution is 8.00. The number of alkyl halides is 2. The van der Waals surface area contributed by atoms with Crippen LogP contribution in [0.2, 0.25) is 5.15 Å². The maximum Gasteiger partial charge on any atom is 0.273 e. The molecule has 0 saturated heterocycles. The predicted octanol–water partition coefficient (Wildman–Crippen LogP) is 4.10. The van der Waals surface area contributed by atoms with E-state index in [1.54, 1.807) is 29.3 Å². The van der Waals surface area contributed by atoms with Gasteiger partial charge in [0, 0.05) is 43.2 Å². The summed E-state index contributed by atoms with van der Waals surface area (Å²) < 4.78 is 33.1. The molecule has 1 amide bonds. The maximum absolute atomic E-state index is 13.3. The second-order valence-corrected chi connectivity index (χ2v) is 8.30. The van der Waals surface area contributed by atoms with Crippen molar-refractivity contribution in [2.24, 2.45) is 10.9 Å². The van der Waals surface area contributed by atoms with E-state index in [2.05, 4.69) is 15.1 Å². The monoisotopic (exact) mass is 471 g/mol. The van der Waals surface area contributed by atoms with Gasteiger partial charge in [0.1, 0.15) is 18.1 Å². The van der Waals surface area contributed by atoms with Gasteiger partial charge in [0.15, 0.2) is 5.15 Å². The van der Waals surface area contributed by atoms with Crippen LogP contribution in [0.3, 0.4) is 0 Å². The van der Waals surface area contributed by atoms with Crippen LogP contribution in [-0.4, -0.2) is 63.7 Å². The van der Waals surface area contributed by atoms with Gasteiger partial charge in [-0.05, 0) is 26.0 Å². The van der Waals surface area contributed by atoms with Crippen molar-refractivity contribution in [3.63, 3.8) is 0 Å². The van der Waals surface area contributed by atoms with Gasteiger partial charge in [-0.2, -0.15) is 16.9 Å². The largest absolute Gasteiger partial charge is 0.360 e. The summed E-state index contributed by atoms with van der Waals surface area (Å²) in [6, 6.07) is 3.59. The van der Waals surface area contributed by atoms with Crippen molar-refractivity contribution < 1.29 is 18.3 Å². The first-order valence-electron chi connectivity index (χ1n) is 9.91. The molecule has 0 bridgehead atoms. The van der Waals surface area contributed by atoms with Crippen molar-refractivity contribution >= 4 is 40.7 Å². The second-order valence-electron chi connectivity index (χ2n) is 6.91. The summed E-state index contributed by atoms with van der Waals surface area (Å²) in [5.41, 5.74) is 1.38. The molecule has 1 atom stereocenters. The molecule has 11 heteroatoms. The Morgan fingerprint density at radius 2 is 2.26 bits per heavy atom. The molecule has 2 heterocycles. The fourth-order valence-corrected chi connectivity index (χ4v) is 4.27. The van der Waals surface area contributed by atoms with Crippen molar-refractivity contribution in [3.05, 3.63) is 35.9 Å². The number of amides is 1. The highest BCUT2D eigenvalue weighted by atomic mass is 35.5. The molecule has 0 aliphatic heterocycles. The highest BCUT2D eigenvalue weighted by Gasteiger charge is 2.56. The van der Waals surface area contributed by atoms with E-state index in [0.29, 0.717) is 24.5 Å². The van der Waals surface area contributed by atoms with Crippen LogP contribution in [0.5, 0.6) is 0 Å². The Labute approximate surface area is 188 Å². The third kappa shape index (κ3) is 6.02. The number of pyridine rings is 1. The van der Waals surface area contributed by atoms with Crippen LogP contribution in [0.4, 0.5) is 14.5 Å². The smallest absolute Gasteiger partial charge is 0.273 e. The molecule has 1 aliphatic rings. The molecule has 0 spiro atoms. The van der Waals surface area contributed by atoms with Gasteiger partial charge < -0.3 is 9.64 Å². The summed E-state index contributed by atoms with van der Waals surface area (Å²) >= 11 is 7.60. The quantitative estimate of drug-likeness (QED) is 0.364. The number of rotatable bonds is 11. The van der Waals surface area contributed by atoms with E-state index in [0.717, 1.165) is 0 Å². The minimum Gasteiger partial charge on any atom is -0.360 e. The molecule has 1 saturated carbocycles. The number of aliphatic imine (C=N–C) groups is 1. The molecule has 0 N–H and O–H groups in total. The fourth-order valence-electron chi connectivity index (χ4n) is 2.86. The van der Waals surface area contributed by atoms with Gasteiger partial charge in [-0.15, -0.1) is 0 Å². The standard InChI is InChI=1S/C20H24ClF2N5O2S/c1-3-27(17-10-28(26-18(17)21)15-6-5-7-24-9-15)19(29)16(25-13-30-4-2)12-31-11-14-8-20(14,22)23/h5-7,9-10,14H,3-4,8,11-13H2,1-2H3. The number of hydrogen-bond donors (Lipinski definition) is 0. The van der Waals surface area contributed by atoms with Gasteiger partial charge >= 0.3 is 0 Å². The lowest BCUT2D eigenvalue weighted by atomic mass is 10.3. The van der Waals surface area contributed by atoms with Crippen molar-refractivity contribution in [2.75, 3.05) is 36.3 Å². The second kappa shape index (κ2) is 10.5. The molecule has 1 fully saturated rings. The first kappa shape index (κ1) is 23.6. The van der Waals surface area contributed by atoms with Crippen molar-refractivity contribution in [1.29, 1.82) is 0 Å². The molecule has 2 aromatic heterocycles. The normalized spacial score (nSPS) is 17.6. The molecule has 168 valence electrons. The first-order valence-corrected chi connectivity index (χ1v) is 11.4. The number of carbonyl (C=O) groups excluding carboxylic acids is 1. The number of nitrogens with zero attached hydrogens (tertiary/aromatic N) is 5. The molecular weight excluding hydrogens is 448 g/mol. The van der Waals surface area contributed by atoms with Gasteiger partial charge in [0.05, 0.1) is 18.1 Å². The molecule has 7 nitrogen and oxygen atoms in total. The molecule has 2 aromatic rings. The SMILES string of the molecule is CCOCN=C(CSCC1CC1(F)F)C(=O)N(CC)c1cn(-c2cccnc2)nc1Cl. The number of halogens is 3. The van der Waals surface area contributed by atoms with Crippen molar-refractivity contribution in [2.45, 2.75) is 26.2 Å². The first-order chi connectivity index (χ1) is 14.9. The Bertz CT molecular complexity index is 926. The number of hydrogen-bond acceptors (Lipinski definition) is 6. The highest BCUT2D eigenvalue weighted by Crippen LogP contribution is 2.50. The van der Waals surface area contributed by atoms with Crippen LogP contribution in [0, 0.1) is 5.92 Å². The Morgan fingerprint density at radius 1 is 1.48 bits per heavy atom. The average molecular weight is 472 g/mol. The van der Waals surface area contributed by atoms with Crippen LogP contribution in [0.25, 0.3) is 5.69 Å². The van der Waals surface area contributed by atoms with E-state index in [9.17, 15) is 13.6 Å². The average Bonchev–Trinajstić information content (AvgIpc) is 3.19. The van der Waals surface area contributed by atoms with Crippen molar-refractivity contribution in [1.82, 2.24) is 14.8 Å². The Kier molecular flexibility index (Phi) is 8.01. The van der Waals surface area contributed by atoms with Gasteiger partial charge in [-0.25, -0.2) is 13.5 Å². The lowest BCUT2D eigenvalue weighted by molar-refractivity contribution is -0.112. The zero-order valence-electron chi connectivity index (χ0n) is 17.3. The fraction of sp³-hybridized carbons (Fsp3) is 0.500. The summed E-state index contributed by atoms with van der Waals surface area (Å²) in [7, 11) is 0. The van der Waals surface area contributed by atoms with Gasteiger partial charge in [-0.3, -0.25) is 14.8 Å². The molecule has 3 rings (SSSR count). The van der Waals surface area contributed by atoms with Gasteiger partial charge in [0.25, 0.3) is 11.8 Å². The number of anilines is 1. The number of carbonyl (C=O) groups is 1. The summed E-state index contributed by atoms with van der Waals surface area (Å²) in [5, 5.41) is 4.43. The van der Waals surface area contributed by atoms with Crippen LogP contribution in [0.15, 0.2) is 35.7 Å². The molecule has 0 aromatic carbocycles. The zero-order valence-corrected chi connectivity index (χ0v) is 18.9. The number of aromatic nitrogens is 3. The van der Waals surface area contributed by atoms with E-state index in [4.69, 9.17) is 16.3 Å². The summed E-state index contributed by atoms with van der Waals surface area (Å²) in [5.74, 6) is -3.08. The predicted molar refractivity (Wildman–Crippen MR) is 119 cm³/mol. The molecule has 1 unspecified atom stereocenters. The molecular formula is C20H24ClF2N5O2S. The van der Waals surface area contributed by atoms with Gasteiger partial charge in [0.2, 0.25) is 0 Å². The minimum absolute atomic E-state index is 0.0257. The van der Waals surface area contributed by atoms with Crippen LogP contribution >= 0.6 is 23.4 Å². The van der Waals surface area contributed by atoms with Crippen LogP contribution in [-0.2, 0) is 9.53 Å². The molecule has 0 radical (unpaired) electrons. The Morgan fingerprint density at radius 3 is 2.87 bits per heavy atom. The topological polar surface area (TPSA) is 72.6 Å². The van der Waals surface area contributed by atoms with E-state index in [1.165, 1.54) is 16.7 Å². The molecule has 31 heavy (non-hydrogen) atoms. The van der Waals surface area contributed by atoms with Crippen LogP contribution in [0.1, 0.15) is 20.3 Å². The maximum atomic E-state index is 13.3. The lowest BCUT2D eigenvalue weighted by Crippen LogP contribution is -2.38. The number of ether oxygens (including phenoxy) is 1. The minimum atomic E-state index is -2.58. The third-order valence-electron chi connectivity index (χ3n) is 4.73. The summed E-state index contributed by atoms with van der Waals surface area (Å²) in [6.07, 6.45) is 4.83. The Hall–Kier alpha value is -2.04. The Balaban J connectivity index is 1.76. The summed E-state index contributed by atoms with van der Waals surface area (Å²) in [6.45, 7) is 4.45. The van der Waals surface area contributed by atoms with E-state index in [-0.39, 0.29) is 41.4 Å². The lowest BCUT2D eigenvalue weighted by Gasteiger charge is -2.20. The van der Waals surface area contributed by atoms with E-state index >= 15 is 0 Å². The van der Waals surface area contributed by atoms with Crippen molar-refractivity contribution in [3.8, 4) is 5.69 Å². The number of thioether (sulfide) groups is 1. The molecule has 1 aliphatic carbocycles. The van der Waals surface area contributed by atoms with Crippen LogP contribution < -0.4 is 4.90 Å². The zero-order chi connectivity index (χ0) is 22.4. The third-order valence-corrected chi connectivity index (χ3v) is 6.11. The van der Waals surface area contributed by atoms with E-state index < -0.39 is 11.8 Å². The summed E-state index contributed by atoms with van der Waals surface area (Å²) in [4.78, 5) is 23.1.